The average molecular weight is 292 g/mol. The summed E-state index contributed by atoms with van der Waals surface area (Å²) >= 11 is 0. The van der Waals surface area contributed by atoms with Crippen molar-refractivity contribution in [2.24, 2.45) is 22.2 Å². The first-order valence-corrected chi connectivity index (χ1v) is 8.87. The number of nitrogens with one attached hydrogen (secondary N) is 2. The second-order valence-electron chi connectivity index (χ2n) is 8.59. The van der Waals surface area contributed by atoms with Gasteiger partial charge in [-0.1, -0.05) is 34.1 Å². The van der Waals surface area contributed by atoms with Crippen LogP contribution in [0, 0.1) is 22.2 Å². The Bertz CT molecular complexity index is 425. The van der Waals surface area contributed by atoms with Gasteiger partial charge in [-0.2, -0.15) is 0 Å². The molecular formula is C18H32N2O. The van der Waals surface area contributed by atoms with E-state index in [9.17, 15) is 4.79 Å². The molecule has 0 spiro atoms. The molecule has 4 unspecified atom stereocenters. The van der Waals surface area contributed by atoms with E-state index in [-0.39, 0.29) is 10.8 Å². The van der Waals surface area contributed by atoms with E-state index in [4.69, 9.17) is 0 Å². The summed E-state index contributed by atoms with van der Waals surface area (Å²) < 4.78 is 0. The lowest BCUT2D eigenvalue weighted by molar-refractivity contribution is -0.132. The summed E-state index contributed by atoms with van der Waals surface area (Å²) in [5.74, 6) is 1.11. The van der Waals surface area contributed by atoms with Crippen LogP contribution in [0.15, 0.2) is 0 Å². The number of carbonyl (C=O) groups is 1. The van der Waals surface area contributed by atoms with Gasteiger partial charge in [-0.15, -0.1) is 0 Å². The molecule has 1 saturated heterocycles. The number of rotatable bonds is 4. The minimum Gasteiger partial charge on any atom is -0.352 e. The molecule has 1 aliphatic heterocycles. The average Bonchev–Trinajstić information content (AvgIpc) is 3.03. The van der Waals surface area contributed by atoms with Crippen molar-refractivity contribution in [1.82, 2.24) is 10.6 Å². The molecule has 2 aliphatic carbocycles. The van der Waals surface area contributed by atoms with E-state index in [1.54, 1.807) is 0 Å². The molecular weight excluding hydrogens is 260 g/mol. The monoisotopic (exact) mass is 292 g/mol. The molecule has 0 radical (unpaired) electrons. The van der Waals surface area contributed by atoms with Crippen LogP contribution in [0.3, 0.4) is 0 Å². The van der Waals surface area contributed by atoms with Gasteiger partial charge in [0.1, 0.15) is 0 Å². The van der Waals surface area contributed by atoms with Crippen LogP contribution >= 0.6 is 0 Å². The first kappa shape index (κ1) is 15.3. The van der Waals surface area contributed by atoms with Crippen LogP contribution < -0.4 is 10.6 Å². The normalized spacial score (nSPS) is 44.2. The maximum absolute atomic E-state index is 13.0. The molecule has 0 aromatic rings. The SMILES string of the molecule is CCCC1(C(=O)NC2CC3CCC2(C)C3(C)C)CCNC1. The third-order valence-corrected chi connectivity index (χ3v) is 7.55. The first-order valence-electron chi connectivity index (χ1n) is 8.87. The summed E-state index contributed by atoms with van der Waals surface area (Å²) in [4.78, 5) is 13.0. The molecule has 3 rings (SSSR count). The summed E-state index contributed by atoms with van der Waals surface area (Å²) in [5.41, 5.74) is 0.515. The Kier molecular flexibility index (Phi) is 3.63. The van der Waals surface area contributed by atoms with Crippen LogP contribution in [0.5, 0.6) is 0 Å². The van der Waals surface area contributed by atoms with Crippen molar-refractivity contribution in [2.45, 2.75) is 72.3 Å². The summed E-state index contributed by atoms with van der Waals surface area (Å²) in [6, 6.07) is 0.382. The Labute approximate surface area is 129 Å². The third-order valence-electron chi connectivity index (χ3n) is 7.55. The molecule has 3 fully saturated rings. The van der Waals surface area contributed by atoms with Gasteiger partial charge in [-0.25, -0.2) is 0 Å². The summed E-state index contributed by atoms with van der Waals surface area (Å²) in [6.45, 7) is 11.3. The molecule has 3 nitrogen and oxygen atoms in total. The van der Waals surface area contributed by atoms with Gasteiger partial charge in [0, 0.05) is 12.6 Å². The fourth-order valence-corrected chi connectivity index (χ4v) is 5.48. The van der Waals surface area contributed by atoms with Crippen LogP contribution in [-0.4, -0.2) is 25.0 Å². The lowest BCUT2D eigenvalue weighted by Crippen LogP contribution is -2.52. The number of fused-ring (bicyclic) bond motifs is 2. The minimum absolute atomic E-state index is 0.142. The zero-order valence-electron chi connectivity index (χ0n) is 14.2. The van der Waals surface area contributed by atoms with Gasteiger partial charge in [-0.3, -0.25) is 4.79 Å². The molecule has 2 N–H and O–H groups in total. The molecule has 2 bridgehead atoms. The van der Waals surface area contributed by atoms with Crippen LogP contribution in [0.4, 0.5) is 0 Å². The Morgan fingerprint density at radius 1 is 1.29 bits per heavy atom. The largest absolute Gasteiger partial charge is 0.352 e. The predicted molar refractivity (Wildman–Crippen MR) is 86.0 cm³/mol. The van der Waals surface area contributed by atoms with Crippen molar-refractivity contribution < 1.29 is 4.79 Å². The summed E-state index contributed by atoms with van der Waals surface area (Å²) in [5, 5.41) is 6.90. The first-order chi connectivity index (χ1) is 9.86. The molecule has 3 heteroatoms. The molecule has 0 aromatic carbocycles. The van der Waals surface area contributed by atoms with Crippen molar-refractivity contribution in [2.75, 3.05) is 13.1 Å². The van der Waals surface area contributed by atoms with E-state index in [1.165, 1.54) is 19.3 Å². The highest BCUT2D eigenvalue weighted by Crippen LogP contribution is 2.65. The predicted octanol–water partition coefficient (Wildman–Crippen LogP) is 3.10. The lowest BCUT2D eigenvalue weighted by Gasteiger charge is -2.41. The highest BCUT2D eigenvalue weighted by atomic mass is 16.2. The minimum atomic E-state index is -0.142. The van der Waals surface area contributed by atoms with Gasteiger partial charge in [0.25, 0.3) is 0 Å². The van der Waals surface area contributed by atoms with Crippen molar-refractivity contribution >= 4 is 5.91 Å². The van der Waals surface area contributed by atoms with Crippen LogP contribution in [0.25, 0.3) is 0 Å². The number of amides is 1. The van der Waals surface area contributed by atoms with Crippen LogP contribution in [0.1, 0.15) is 66.2 Å². The van der Waals surface area contributed by atoms with Gasteiger partial charge in [0.15, 0.2) is 0 Å². The van der Waals surface area contributed by atoms with Crippen LogP contribution in [0.2, 0.25) is 0 Å². The third kappa shape index (κ3) is 2.07. The highest BCUT2D eigenvalue weighted by molar-refractivity contribution is 5.83. The van der Waals surface area contributed by atoms with E-state index in [2.05, 4.69) is 38.3 Å². The Morgan fingerprint density at radius 3 is 2.52 bits per heavy atom. The Morgan fingerprint density at radius 2 is 2.05 bits per heavy atom. The molecule has 0 aromatic heterocycles. The molecule has 120 valence electrons. The van der Waals surface area contributed by atoms with Gasteiger partial charge in [-0.05, 0) is 55.4 Å². The maximum atomic E-state index is 13.0. The molecule has 1 amide bonds. The zero-order valence-corrected chi connectivity index (χ0v) is 14.2. The topological polar surface area (TPSA) is 41.1 Å². The van der Waals surface area contributed by atoms with E-state index in [0.717, 1.165) is 38.3 Å². The standard InChI is InChI=1S/C18H32N2O/c1-5-7-18(9-10-19-12-18)15(21)20-14-11-13-6-8-17(14,4)16(13,2)3/h13-14,19H,5-12H2,1-4H3,(H,20,21). The Balaban J connectivity index is 1.74. The maximum Gasteiger partial charge on any atom is 0.227 e. The van der Waals surface area contributed by atoms with Crippen molar-refractivity contribution in [3.63, 3.8) is 0 Å². The lowest BCUT2D eigenvalue weighted by atomic mass is 9.69. The number of hydrogen-bond acceptors (Lipinski definition) is 2. The fourth-order valence-electron chi connectivity index (χ4n) is 5.48. The second kappa shape index (κ2) is 4.97. The molecule has 21 heavy (non-hydrogen) atoms. The zero-order chi connectivity index (χ0) is 15.3. The van der Waals surface area contributed by atoms with E-state index in [0.29, 0.717) is 17.4 Å². The van der Waals surface area contributed by atoms with Crippen molar-refractivity contribution in [3.05, 3.63) is 0 Å². The van der Waals surface area contributed by atoms with E-state index < -0.39 is 0 Å². The number of hydrogen-bond donors (Lipinski definition) is 2. The smallest absolute Gasteiger partial charge is 0.227 e. The summed E-state index contributed by atoms with van der Waals surface area (Å²) in [6.07, 6.45) is 6.91. The molecule has 3 aliphatic rings. The highest BCUT2D eigenvalue weighted by Gasteiger charge is 2.62. The van der Waals surface area contributed by atoms with Crippen LogP contribution in [-0.2, 0) is 4.79 Å². The van der Waals surface area contributed by atoms with E-state index in [1.807, 2.05) is 0 Å². The van der Waals surface area contributed by atoms with E-state index >= 15 is 0 Å². The fraction of sp³-hybridized carbons (Fsp3) is 0.944. The second-order valence-corrected chi connectivity index (χ2v) is 8.59. The van der Waals surface area contributed by atoms with Gasteiger partial charge >= 0.3 is 0 Å². The van der Waals surface area contributed by atoms with Gasteiger partial charge in [0.05, 0.1) is 5.41 Å². The molecule has 2 saturated carbocycles. The number of carbonyl (C=O) groups excluding carboxylic acids is 1. The Hall–Kier alpha value is -0.570. The van der Waals surface area contributed by atoms with Crippen molar-refractivity contribution in [3.8, 4) is 0 Å². The van der Waals surface area contributed by atoms with Crippen molar-refractivity contribution in [1.29, 1.82) is 0 Å². The quantitative estimate of drug-likeness (QED) is 0.836. The van der Waals surface area contributed by atoms with Gasteiger partial charge in [0.2, 0.25) is 5.91 Å². The molecule has 4 atom stereocenters. The molecule has 1 heterocycles. The van der Waals surface area contributed by atoms with Gasteiger partial charge < -0.3 is 10.6 Å². The summed E-state index contributed by atoms with van der Waals surface area (Å²) in [7, 11) is 0.